The summed E-state index contributed by atoms with van der Waals surface area (Å²) < 4.78 is 46.2. The molecule has 10 heteroatoms. The molecule has 0 unspecified atom stereocenters. The fourth-order valence-electron chi connectivity index (χ4n) is 2.18. The van der Waals surface area contributed by atoms with Crippen LogP contribution in [0.4, 0.5) is 13.2 Å². The first-order valence-corrected chi connectivity index (χ1v) is 7.98. The predicted molar refractivity (Wildman–Crippen MR) is 91.2 cm³/mol. The highest BCUT2D eigenvalue weighted by Crippen LogP contribution is 2.19. The van der Waals surface area contributed by atoms with E-state index in [1.165, 1.54) is 24.2 Å². The van der Waals surface area contributed by atoms with Gasteiger partial charge in [-0.2, -0.15) is 13.2 Å². The summed E-state index contributed by atoms with van der Waals surface area (Å²) in [5.41, 5.74) is 0.886. The van der Waals surface area contributed by atoms with E-state index in [4.69, 9.17) is 9.84 Å². The van der Waals surface area contributed by atoms with Gasteiger partial charge in [-0.3, -0.25) is 4.79 Å². The number of rotatable bonds is 8. The molecule has 0 aliphatic heterocycles. The van der Waals surface area contributed by atoms with E-state index in [-0.39, 0.29) is 18.0 Å². The zero-order valence-corrected chi connectivity index (χ0v) is 14.8. The lowest BCUT2D eigenvalue weighted by molar-refractivity contribution is -0.154. The van der Waals surface area contributed by atoms with Gasteiger partial charge < -0.3 is 19.5 Å². The third-order valence-corrected chi connectivity index (χ3v) is 3.42. The van der Waals surface area contributed by atoms with Gasteiger partial charge >= 0.3 is 12.1 Å². The monoisotopic (exact) mass is 398 g/mol. The normalized spacial score (nSPS) is 11.0. The third-order valence-electron chi connectivity index (χ3n) is 3.42. The molecule has 0 fully saturated rings. The van der Waals surface area contributed by atoms with Gasteiger partial charge in [-0.1, -0.05) is 12.1 Å². The van der Waals surface area contributed by atoms with Gasteiger partial charge in [0.15, 0.2) is 13.2 Å². The highest BCUT2D eigenvalue weighted by Gasteiger charge is 2.28. The van der Waals surface area contributed by atoms with Crippen LogP contribution in [0, 0.1) is 0 Å². The maximum atomic E-state index is 12.5. The SMILES string of the molecule is CN(Cc1ccc(OCC(=O)O)cc1)C(=O)c1ccnc(OCC(F)(F)F)c1. The average Bonchev–Trinajstić information content (AvgIpc) is 2.65. The van der Waals surface area contributed by atoms with Crippen molar-refractivity contribution in [3.05, 3.63) is 53.7 Å². The third kappa shape index (κ3) is 6.78. The number of hydrogen-bond donors (Lipinski definition) is 1. The molecule has 0 atom stereocenters. The summed E-state index contributed by atoms with van der Waals surface area (Å²) in [5, 5.41) is 8.57. The first-order chi connectivity index (χ1) is 13.1. The summed E-state index contributed by atoms with van der Waals surface area (Å²) in [6.45, 7) is -1.73. The Bertz CT molecular complexity index is 825. The minimum absolute atomic E-state index is 0.135. The summed E-state index contributed by atoms with van der Waals surface area (Å²) in [4.78, 5) is 28.0. The standard InChI is InChI=1S/C18H17F3N2O5/c1-23(9-12-2-4-14(5-3-12)27-10-16(24)25)17(26)13-6-7-22-15(8-13)28-11-18(19,20)21/h2-8H,9-11H2,1H3,(H,24,25). The zero-order valence-electron chi connectivity index (χ0n) is 14.8. The van der Waals surface area contributed by atoms with Gasteiger partial charge in [-0.15, -0.1) is 0 Å². The van der Waals surface area contributed by atoms with Crippen LogP contribution in [0.25, 0.3) is 0 Å². The van der Waals surface area contributed by atoms with Gasteiger partial charge in [0.1, 0.15) is 5.75 Å². The number of aromatic nitrogens is 1. The molecule has 0 saturated carbocycles. The highest BCUT2D eigenvalue weighted by molar-refractivity contribution is 5.94. The summed E-state index contributed by atoms with van der Waals surface area (Å²) in [6, 6.07) is 9.02. The van der Waals surface area contributed by atoms with E-state index >= 15 is 0 Å². The lowest BCUT2D eigenvalue weighted by atomic mass is 10.2. The number of benzene rings is 1. The Kier molecular flexibility index (Phi) is 6.80. The Balaban J connectivity index is 1.97. The number of alkyl halides is 3. The van der Waals surface area contributed by atoms with E-state index in [9.17, 15) is 22.8 Å². The van der Waals surface area contributed by atoms with Crippen molar-refractivity contribution in [3.8, 4) is 11.6 Å². The quantitative estimate of drug-likeness (QED) is 0.736. The first kappa shape index (κ1) is 21.0. The van der Waals surface area contributed by atoms with Crippen molar-refractivity contribution in [2.24, 2.45) is 0 Å². The van der Waals surface area contributed by atoms with E-state index in [1.807, 2.05) is 0 Å². The minimum Gasteiger partial charge on any atom is -0.482 e. The van der Waals surface area contributed by atoms with Crippen molar-refractivity contribution in [1.29, 1.82) is 0 Å². The van der Waals surface area contributed by atoms with Gasteiger partial charge in [-0.25, -0.2) is 9.78 Å². The number of halogens is 3. The fourth-order valence-corrected chi connectivity index (χ4v) is 2.18. The first-order valence-electron chi connectivity index (χ1n) is 7.98. The molecule has 1 N–H and O–H groups in total. The fraction of sp³-hybridized carbons (Fsp3) is 0.278. The van der Waals surface area contributed by atoms with Crippen molar-refractivity contribution in [2.75, 3.05) is 20.3 Å². The summed E-state index contributed by atoms with van der Waals surface area (Å²) in [7, 11) is 1.54. The van der Waals surface area contributed by atoms with Gasteiger partial charge in [0, 0.05) is 31.4 Å². The topological polar surface area (TPSA) is 89.0 Å². The van der Waals surface area contributed by atoms with Crippen LogP contribution in [0.1, 0.15) is 15.9 Å². The maximum absolute atomic E-state index is 12.5. The molecule has 2 rings (SSSR count). The molecule has 0 radical (unpaired) electrons. The number of aliphatic carboxylic acids is 1. The van der Waals surface area contributed by atoms with Crippen molar-refractivity contribution in [2.45, 2.75) is 12.7 Å². The van der Waals surface area contributed by atoms with Crippen LogP contribution in [0.15, 0.2) is 42.6 Å². The second-order valence-electron chi connectivity index (χ2n) is 5.77. The largest absolute Gasteiger partial charge is 0.482 e. The number of carbonyl (C=O) groups excluding carboxylic acids is 1. The lowest BCUT2D eigenvalue weighted by Crippen LogP contribution is -2.26. The summed E-state index contributed by atoms with van der Waals surface area (Å²) >= 11 is 0. The van der Waals surface area contributed by atoms with Crippen LogP contribution in [0.3, 0.4) is 0 Å². The van der Waals surface area contributed by atoms with Crippen LogP contribution in [-0.4, -0.2) is 53.3 Å². The molecule has 1 aromatic heterocycles. The Labute approximate surface area is 158 Å². The number of carbonyl (C=O) groups is 2. The molecule has 150 valence electrons. The number of carboxylic acids is 1. The second kappa shape index (κ2) is 9.07. The molecule has 0 bridgehead atoms. The summed E-state index contributed by atoms with van der Waals surface area (Å²) in [5.74, 6) is -1.44. The van der Waals surface area contributed by atoms with Crippen LogP contribution in [-0.2, 0) is 11.3 Å². The number of hydrogen-bond acceptors (Lipinski definition) is 5. The maximum Gasteiger partial charge on any atom is 0.422 e. The van der Waals surface area contributed by atoms with Crippen molar-refractivity contribution < 1.29 is 37.3 Å². The van der Waals surface area contributed by atoms with Crippen molar-refractivity contribution in [3.63, 3.8) is 0 Å². The minimum atomic E-state index is -4.50. The van der Waals surface area contributed by atoms with E-state index in [2.05, 4.69) is 9.72 Å². The number of carboxylic acid groups (broad SMARTS) is 1. The van der Waals surface area contributed by atoms with Crippen LogP contribution in [0.5, 0.6) is 11.6 Å². The molecule has 0 aliphatic rings. The zero-order chi connectivity index (χ0) is 20.7. The summed E-state index contributed by atoms with van der Waals surface area (Å²) in [6.07, 6.45) is -3.31. The van der Waals surface area contributed by atoms with Crippen LogP contribution < -0.4 is 9.47 Å². The molecule has 1 heterocycles. The second-order valence-corrected chi connectivity index (χ2v) is 5.77. The van der Waals surface area contributed by atoms with E-state index in [0.717, 1.165) is 11.6 Å². The van der Waals surface area contributed by atoms with Gasteiger partial charge in [-0.05, 0) is 23.8 Å². The van der Waals surface area contributed by atoms with E-state index in [0.29, 0.717) is 5.75 Å². The van der Waals surface area contributed by atoms with Crippen LogP contribution in [0.2, 0.25) is 0 Å². The van der Waals surface area contributed by atoms with E-state index < -0.39 is 31.3 Å². The Morgan fingerprint density at radius 3 is 2.43 bits per heavy atom. The Morgan fingerprint density at radius 1 is 1.14 bits per heavy atom. The Morgan fingerprint density at radius 2 is 1.82 bits per heavy atom. The molecule has 0 spiro atoms. The molecule has 2 aromatic rings. The highest BCUT2D eigenvalue weighted by atomic mass is 19.4. The predicted octanol–water partition coefficient (Wildman–Crippen LogP) is 2.76. The number of amides is 1. The van der Waals surface area contributed by atoms with Crippen molar-refractivity contribution >= 4 is 11.9 Å². The number of pyridine rings is 1. The Hall–Kier alpha value is -3.30. The molecule has 1 amide bonds. The molecular weight excluding hydrogens is 381 g/mol. The van der Waals surface area contributed by atoms with Gasteiger partial charge in [0.05, 0.1) is 0 Å². The van der Waals surface area contributed by atoms with Crippen molar-refractivity contribution in [1.82, 2.24) is 9.88 Å². The molecular formula is C18H17F3N2O5. The number of ether oxygens (including phenoxy) is 2. The number of nitrogens with zero attached hydrogens (tertiary/aromatic N) is 2. The lowest BCUT2D eigenvalue weighted by Gasteiger charge is -2.18. The smallest absolute Gasteiger partial charge is 0.422 e. The average molecular weight is 398 g/mol. The molecule has 1 aromatic carbocycles. The molecule has 0 aliphatic carbocycles. The van der Waals surface area contributed by atoms with Crippen LogP contribution >= 0.6 is 0 Å². The molecule has 28 heavy (non-hydrogen) atoms. The van der Waals surface area contributed by atoms with E-state index in [1.54, 1.807) is 24.3 Å². The van der Waals surface area contributed by atoms with Gasteiger partial charge in [0.2, 0.25) is 5.88 Å². The molecule has 0 saturated heterocycles. The molecule has 7 nitrogen and oxygen atoms in total. The van der Waals surface area contributed by atoms with Gasteiger partial charge in [0.25, 0.3) is 5.91 Å².